The first-order chi connectivity index (χ1) is 9.42. The van der Waals surface area contributed by atoms with Crippen LogP contribution in [-0.4, -0.2) is 47.2 Å². The summed E-state index contributed by atoms with van der Waals surface area (Å²) in [5.41, 5.74) is 2.02. The highest BCUT2D eigenvalue weighted by Crippen LogP contribution is 2.24. The molecule has 4 heteroatoms. The Kier molecular flexibility index (Phi) is 4.66. The number of aromatic nitrogens is 1. The van der Waals surface area contributed by atoms with Crippen LogP contribution in [0.4, 0.5) is 5.82 Å². The molecule has 0 aromatic carbocycles. The Hall–Kier alpha value is -1.13. The molecule has 1 aliphatic heterocycles. The third-order valence-corrected chi connectivity index (χ3v) is 4.35. The Labute approximate surface area is 122 Å². The van der Waals surface area contributed by atoms with E-state index in [0.29, 0.717) is 18.0 Å². The first-order valence-corrected chi connectivity index (χ1v) is 7.51. The third kappa shape index (κ3) is 3.13. The van der Waals surface area contributed by atoms with Crippen LogP contribution < -0.4 is 4.90 Å². The minimum atomic E-state index is 0.0775. The van der Waals surface area contributed by atoms with Crippen molar-refractivity contribution >= 4 is 5.82 Å². The highest BCUT2D eigenvalue weighted by Gasteiger charge is 2.27. The van der Waals surface area contributed by atoms with Gasteiger partial charge < -0.3 is 10.0 Å². The van der Waals surface area contributed by atoms with E-state index < -0.39 is 0 Å². The van der Waals surface area contributed by atoms with E-state index in [2.05, 4.69) is 44.5 Å². The molecule has 0 saturated carbocycles. The molecule has 0 bridgehead atoms. The van der Waals surface area contributed by atoms with Crippen molar-refractivity contribution in [2.75, 3.05) is 25.0 Å². The Bertz CT molecular complexity index is 449. The van der Waals surface area contributed by atoms with E-state index in [0.717, 1.165) is 30.2 Å². The zero-order valence-electron chi connectivity index (χ0n) is 13.3. The van der Waals surface area contributed by atoms with Crippen molar-refractivity contribution in [1.82, 2.24) is 9.88 Å². The maximum absolute atomic E-state index is 9.46. The summed E-state index contributed by atoms with van der Waals surface area (Å²) in [6, 6.07) is 5.06. The summed E-state index contributed by atoms with van der Waals surface area (Å²) in [4.78, 5) is 9.55. The molecule has 1 aromatic rings. The molecule has 0 spiro atoms. The lowest BCUT2D eigenvalue weighted by Gasteiger charge is -2.43. The normalized spacial score (nSPS) is 24.4. The molecular weight excluding hydrogens is 250 g/mol. The molecule has 2 rings (SSSR count). The van der Waals surface area contributed by atoms with Crippen LogP contribution in [0.2, 0.25) is 0 Å². The number of aliphatic hydroxyl groups is 1. The summed E-state index contributed by atoms with van der Waals surface area (Å²) in [5, 5.41) is 9.46. The van der Waals surface area contributed by atoms with Gasteiger partial charge in [0.05, 0.1) is 6.61 Å². The highest BCUT2D eigenvalue weighted by atomic mass is 16.3. The first-order valence-electron chi connectivity index (χ1n) is 7.51. The molecule has 1 aliphatic rings. The molecule has 112 valence electrons. The van der Waals surface area contributed by atoms with Gasteiger partial charge in [0, 0.05) is 30.9 Å². The average Bonchev–Trinajstić information content (AvgIpc) is 2.43. The number of aliphatic hydroxyl groups excluding tert-OH is 1. The topological polar surface area (TPSA) is 39.6 Å². The molecule has 0 amide bonds. The van der Waals surface area contributed by atoms with Gasteiger partial charge in [0.25, 0.3) is 0 Å². The second-order valence-corrected chi connectivity index (χ2v) is 6.34. The number of nitrogens with zero attached hydrogens (tertiary/aromatic N) is 3. The van der Waals surface area contributed by atoms with Crippen LogP contribution >= 0.6 is 0 Å². The van der Waals surface area contributed by atoms with E-state index in [1.165, 1.54) is 0 Å². The monoisotopic (exact) mass is 277 g/mol. The number of rotatable bonds is 3. The van der Waals surface area contributed by atoms with Crippen LogP contribution in [0.1, 0.15) is 44.9 Å². The largest absolute Gasteiger partial charge is 0.392 e. The number of hydrogen-bond donors (Lipinski definition) is 1. The van der Waals surface area contributed by atoms with Gasteiger partial charge in [-0.3, -0.25) is 4.90 Å². The van der Waals surface area contributed by atoms with Crippen LogP contribution in [0.5, 0.6) is 0 Å². The predicted molar refractivity (Wildman–Crippen MR) is 83.1 cm³/mol. The van der Waals surface area contributed by atoms with Crippen molar-refractivity contribution in [1.29, 1.82) is 0 Å². The molecule has 1 aromatic heterocycles. The third-order valence-electron chi connectivity index (χ3n) is 4.35. The molecule has 0 aliphatic carbocycles. The van der Waals surface area contributed by atoms with E-state index >= 15 is 0 Å². The van der Waals surface area contributed by atoms with Gasteiger partial charge in [0.2, 0.25) is 0 Å². The molecule has 4 nitrogen and oxygen atoms in total. The summed E-state index contributed by atoms with van der Waals surface area (Å²) >= 11 is 0. The Morgan fingerprint density at radius 2 is 1.85 bits per heavy atom. The lowest BCUT2D eigenvalue weighted by molar-refractivity contribution is 0.169. The fraction of sp³-hybridized carbons (Fsp3) is 0.688. The first kappa shape index (κ1) is 15.3. The van der Waals surface area contributed by atoms with Gasteiger partial charge in [-0.2, -0.15) is 0 Å². The van der Waals surface area contributed by atoms with Gasteiger partial charge in [0.15, 0.2) is 0 Å². The lowest BCUT2D eigenvalue weighted by atomic mass is 10.1. The Balaban J connectivity index is 2.30. The summed E-state index contributed by atoms with van der Waals surface area (Å²) in [6.45, 7) is 10.8. The summed E-state index contributed by atoms with van der Waals surface area (Å²) in [5.74, 6) is 1.38. The molecule has 20 heavy (non-hydrogen) atoms. The SMILES string of the molecule is CC(C)c1cc(CO)cc(N2CC(C)N(C)C(C)C2)n1. The second kappa shape index (κ2) is 6.10. The Morgan fingerprint density at radius 1 is 1.25 bits per heavy atom. The van der Waals surface area contributed by atoms with Crippen LogP contribution in [-0.2, 0) is 6.61 Å². The van der Waals surface area contributed by atoms with Crippen molar-refractivity contribution < 1.29 is 5.11 Å². The minimum Gasteiger partial charge on any atom is -0.392 e. The van der Waals surface area contributed by atoms with Gasteiger partial charge in [-0.1, -0.05) is 13.8 Å². The van der Waals surface area contributed by atoms with Gasteiger partial charge in [-0.15, -0.1) is 0 Å². The molecule has 2 atom stereocenters. The van der Waals surface area contributed by atoms with Gasteiger partial charge in [-0.05, 0) is 44.5 Å². The van der Waals surface area contributed by atoms with E-state index in [4.69, 9.17) is 4.98 Å². The molecule has 1 saturated heterocycles. The summed E-state index contributed by atoms with van der Waals surface area (Å²) in [6.07, 6.45) is 0. The molecule has 0 radical (unpaired) electrons. The van der Waals surface area contributed by atoms with Gasteiger partial charge >= 0.3 is 0 Å². The molecular formula is C16H27N3O. The predicted octanol–water partition coefficient (Wildman–Crippen LogP) is 2.23. The van der Waals surface area contributed by atoms with Crippen LogP contribution in [0.15, 0.2) is 12.1 Å². The quantitative estimate of drug-likeness (QED) is 0.919. The van der Waals surface area contributed by atoms with Crippen LogP contribution in [0, 0.1) is 0 Å². The van der Waals surface area contributed by atoms with Crippen molar-refractivity contribution in [2.24, 2.45) is 0 Å². The smallest absolute Gasteiger partial charge is 0.129 e. The number of piperazine rings is 1. The summed E-state index contributed by atoms with van der Waals surface area (Å²) < 4.78 is 0. The Morgan fingerprint density at radius 3 is 2.35 bits per heavy atom. The molecule has 2 unspecified atom stereocenters. The number of hydrogen-bond acceptors (Lipinski definition) is 4. The average molecular weight is 277 g/mol. The zero-order valence-corrected chi connectivity index (χ0v) is 13.3. The molecule has 2 heterocycles. The van der Waals surface area contributed by atoms with E-state index in [1.54, 1.807) is 0 Å². The van der Waals surface area contributed by atoms with Crippen molar-refractivity contribution in [3.63, 3.8) is 0 Å². The van der Waals surface area contributed by atoms with Crippen molar-refractivity contribution in [2.45, 2.75) is 52.3 Å². The van der Waals surface area contributed by atoms with Gasteiger partial charge in [0.1, 0.15) is 5.82 Å². The van der Waals surface area contributed by atoms with E-state index in [1.807, 2.05) is 12.1 Å². The number of anilines is 1. The van der Waals surface area contributed by atoms with Crippen molar-refractivity contribution in [3.05, 3.63) is 23.4 Å². The van der Waals surface area contributed by atoms with Crippen LogP contribution in [0.3, 0.4) is 0 Å². The second-order valence-electron chi connectivity index (χ2n) is 6.34. The summed E-state index contributed by atoms with van der Waals surface area (Å²) in [7, 11) is 2.18. The molecule has 1 fully saturated rings. The maximum Gasteiger partial charge on any atom is 0.129 e. The minimum absolute atomic E-state index is 0.0775. The van der Waals surface area contributed by atoms with Gasteiger partial charge in [-0.25, -0.2) is 4.98 Å². The van der Waals surface area contributed by atoms with E-state index in [9.17, 15) is 5.11 Å². The zero-order chi connectivity index (χ0) is 14.9. The lowest BCUT2D eigenvalue weighted by Crippen LogP contribution is -2.55. The van der Waals surface area contributed by atoms with Crippen LogP contribution in [0.25, 0.3) is 0 Å². The molecule has 1 N–H and O–H groups in total. The maximum atomic E-state index is 9.46. The standard InChI is InChI=1S/C16H27N3O/c1-11(2)15-6-14(10-20)7-16(17-15)19-8-12(3)18(5)13(4)9-19/h6-7,11-13,20H,8-10H2,1-5H3. The number of pyridine rings is 1. The number of likely N-dealkylation sites (N-methyl/N-ethyl adjacent to an activating group) is 1. The highest BCUT2D eigenvalue weighted by molar-refractivity contribution is 5.44. The van der Waals surface area contributed by atoms with Crippen molar-refractivity contribution in [3.8, 4) is 0 Å². The fourth-order valence-corrected chi connectivity index (χ4v) is 2.73. The fourth-order valence-electron chi connectivity index (χ4n) is 2.73. The van der Waals surface area contributed by atoms with E-state index in [-0.39, 0.29) is 6.61 Å².